The second-order valence-corrected chi connectivity index (χ2v) is 4.31. The first-order chi connectivity index (χ1) is 9.11. The van der Waals surface area contributed by atoms with Crippen molar-refractivity contribution in [3.63, 3.8) is 0 Å². The highest BCUT2D eigenvalue weighted by Gasteiger charge is 2.20. The van der Waals surface area contributed by atoms with Crippen LogP contribution in [-0.4, -0.2) is 37.1 Å². The lowest BCUT2D eigenvalue weighted by atomic mass is 10.1. The Hall–Kier alpha value is -2.15. The molecule has 2 N–H and O–H groups in total. The van der Waals surface area contributed by atoms with Gasteiger partial charge in [0.15, 0.2) is 5.75 Å². The normalized spacial score (nSPS) is 18.1. The Morgan fingerprint density at radius 1 is 1.58 bits per heavy atom. The van der Waals surface area contributed by atoms with Gasteiger partial charge >= 0.3 is 5.69 Å². The molecule has 0 radical (unpaired) electrons. The van der Waals surface area contributed by atoms with Crippen LogP contribution in [0.25, 0.3) is 0 Å². The van der Waals surface area contributed by atoms with Gasteiger partial charge in [0.1, 0.15) is 0 Å². The van der Waals surface area contributed by atoms with Gasteiger partial charge in [-0.1, -0.05) is 0 Å². The summed E-state index contributed by atoms with van der Waals surface area (Å²) in [7, 11) is 1.34. The van der Waals surface area contributed by atoms with E-state index in [9.17, 15) is 14.9 Å². The van der Waals surface area contributed by atoms with Crippen LogP contribution in [-0.2, 0) is 0 Å². The molecule has 1 amide bonds. The van der Waals surface area contributed by atoms with Gasteiger partial charge in [0.25, 0.3) is 5.91 Å². The number of nitrogens with one attached hydrogen (secondary N) is 2. The standard InChI is InChI=1S/C12H15N3O4/c1-19-11-6-8(2-3-10(11)15(17)18)12(16)14-9-4-5-13-7-9/h2-3,6,9,13H,4-5,7H2,1H3,(H,14,16)/t9-/m1/s1. The van der Waals surface area contributed by atoms with E-state index in [0.29, 0.717) is 5.56 Å². The Morgan fingerprint density at radius 2 is 2.37 bits per heavy atom. The molecule has 7 nitrogen and oxygen atoms in total. The number of hydrogen-bond acceptors (Lipinski definition) is 5. The number of nitro groups is 1. The fourth-order valence-electron chi connectivity index (χ4n) is 2.02. The average molecular weight is 265 g/mol. The summed E-state index contributed by atoms with van der Waals surface area (Å²) in [6.45, 7) is 1.63. The van der Waals surface area contributed by atoms with Crippen LogP contribution in [0.3, 0.4) is 0 Å². The number of methoxy groups -OCH3 is 1. The summed E-state index contributed by atoms with van der Waals surface area (Å²) in [6, 6.07) is 4.20. The fourth-order valence-corrected chi connectivity index (χ4v) is 2.02. The number of carbonyl (C=O) groups is 1. The zero-order valence-electron chi connectivity index (χ0n) is 10.5. The third-order valence-corrected chi connectivity index (χ3v) is 3.03. The molecule has 0 saturated carbocycles. The van der Waals surface area contributed by atoms with E-state index < -0.39 is 4.92 Å². The largest absolute Gasteiger partial charge is 0.490 e. The Balaban J connectivity index is 2.15. The zero-order chi connectivity index (χ0) is 13.8. The summed E-state index contributed by atoms with van der Waals surface area (Å²) in [5.41, 5.74) is 0.205. The topological polar surface area (TPSA) is 93.5 Å². The van der Waals surface area contributed by atoms with Crippen molar-refractivity contribution in [2.75, 3.05) is 20.2 Å². The minimum Gasteiger partial charge on any atom is -0.490 e. The molecule has 2 rings (SSSR count). The zero-order valence-corrected chi connectivity index (χ0v) is 10.5. The van der Waals surface area contributed by atoms with Crippen molar-refractivity contribution in [1.82, 2.24) is 10.6 Å². The van der Waals surface area contributed by atoms with Crippen molar-refractivity contribution in [2.45, 2.75) is 12.5 Å². The molecule has 1 fully saturated rings. The number of nitrogens with zero attached hydrogens (tertiary/aromatic N) is 1. The van der Waals surface area contributed by atoms with Gasteiger partial charge in [-0.3, -0.25) is 14.9 Å². The summed E-state index contributed by atoms with van der Waals surface area (Å²) in [5.74, 6) is -0.163. The minimum atomic E-state index is -0.540. The highest BCUT2D eigenvalue weighted by atomic mass is 16.6. The van der Waals surface area contributed by atoms with Gasteiger partial charge in [0, 0.05) is 30.3 Å². The van der Waals surface area contributed by atoms with E-state index in [-0.39, 0.29) is 23.4 Å². The van der Waals surface area contributed by atoms with E-state index in [1.54, 1.807) is 0 Å². The molecule has 1 aliphatic rings. The molecule has 1 saturated heterocycles. The van der Waals surface area contributed by atoms with Gasteiger partial charge in [-0.2, -0.15) is 0 Å². The molecule has 1 aliphatic heterocycles. The maximum absolute atomic E-state index is 12.0. The lowest BCUT2D eigenvalue weighted by Gasteiger charge is -2.11. The van der Waals surface area contributed by atoms with E-state index in [0.717, 1.165) is 19.5 Å². The Bertz CT molecular complexity index is 498. The van der Waals surface area contributed by atoms with Gasteiger partial charge in [0.05, 0.1) is 12.0 Å². The lowest BCUT2D eigenvalue weighted by molar-refractivity contribution is -0.385. The van der Waals surface area contributed by atoms with E-state index >= 15 is 0 Å². The maximum atomic E-state index is 12.0. The molecule has 0 spiro atoms. The third-order valence-electron chi connectivity index (χ3n) is 3.03. The summed E-state index contributed by atoms with van der Waals surface area (Å²) in [5, 5.41) is 16.8. The molecule has 102 valence electrons. The van der Waals surface area contributed by atoms with Gasteiger partial charge in [0.2, 0.25) is 0 Å². The number of carbonyl (C=O) groups excluding carboxylic acids is 1. The van der Waals surface area contributed by atoms with E-state index in [2.05, 4.69) is 10.6 Å². The molecule has 7 heteroatoms. The van der Waals surface area contributed by atoms with E-state index in [1.807, 2.05) is 0 Å². The molecule has 1 heterocycles. The van der Waals surface area contributed by atoms with Crippen LogP contribution in [0.5, 0.6) is 5.75 Å². The lowest BCUT2D eigenvalue weighted by Crippen LogP contribution is -2.36. The Labute approximate surface area is 110 Å². The summed E-state index contributed by atoms with van der Waals surface area (Å²) in [4.78, 5) is 22.2. The molecule has 0 aromatic heterocycles. The monoisotopic (exact) mass is 265 g/mol. The van der Waals surface area contributed by atoms with Crippen molar-refractivity contribution in [3.8, 4) is 5.75 Å². The Morgan fingerprint density at radius 3 is 2.95 bits per heavy atom. The van der Waals surface area contributed by atoms with Crippen LogP contribution < -0.4 is 15.4 Å². The highest BCUT2D eigenvalue weighted by molar-refractivity contribution is 5.95. The molecular weight excluding hydrogens is 250 g/mol. The average Bonchev–Trinajstić information content (AvgIpc) is 2.90. The fraction of sp³-hybridized carbons (Fsp3) is 0.417. The quantitative estimate of drug-likeness (QED) is 0.617. The highest BCUT2D eigenvalue weighted by Crippen LogP contribution is 2.27. The van der Waals surface area contributed by atoms with Crippen LogP contribution in [0, 0.1) is 10.1 Å². The van der Waals surface area contributed by atoms with Crippen molar-refractivity contribution in [2.24, 2.45) is 0 Å². The molecular formula is C12H15N3O4. The first-order valence-electron chi connectivity index (χ1n) is 5.96. The van der Waals surface area contributed by atoms with Crippen LogP contribution in [0.4, 0.5) is 5.69 Å². The first-order valence-corrected chi connectivity index (χ1v) is 5.96. The molecule has 1 aromatic carbocycles. The number of nitro benzene ring substituents is 1. The number of rotatable bonds is 4. The van der Waals surface area contributed by atoms with E-state index in [4.69, 9.17) is 4.74 Å². The van der Waals surface area contributed by atoms with Crippen molar-refractivity contribution >= 4 is 11.6 Å². The summed E-state index contributed by atoms with van der Waals surface area (Å²) >= 11 is 0. The van der Waals surface area contributed by atoms with Gasteiger partial charge in [-0.05, 0) is 19.0 Å². The van der Waals surface area contributed by atoms with Crippen LogP contribution in [0.15, 0.2) is 18.2 Å². The Kier molecular flexibility index (Phi) is 3.96. The van der Waals surface area contributed by atoms with Gasteiger partial charge < -0.3 is 15.4 Å². The third kappa shape index (κ3) is 3.00. The maximum Gasteiger partial charge on any atom is 0.310 e. The smallest absolute Gasteiger partial charge is 0.310 e. The van der Waals surface area contributed by atoms with Gasteiger partial charge in [-0.15, -0.1) is 0 Å². The van der Waals surface area contributed by atoms with E-state index in [1.165, 1.54) is 25.3 Å². The SMILES string of the molecule is COc1cc(C(=O)N[C@@H]2CCNC2)ccc1[N+](=O)[O-]. The predicted octanol–water partition coefficient (Wildman–Crippen LogP) is 0.695. The minimum absolute atomic E-state index is 0.0854. The molecule has 0 unspecified atom stereocenters. The molecule has 1 aromatic rings. The number of hydrogen-bond donors (Lipinski definition) is 2. The molecule has 1 atom stereocenters. The molecule has 0 bridgehead atoms. The first kappa shape index (κ1) is 13.3. The van der Waals surface area contributed by atoms with Crippen molar-refractivity contribution in [3.05, 3.63) is 33.9 Å². The second kappa shape index (κ2) is 5.66. The number of amides is 1. The number of benzene rings is 1. The van der Waals surface area contributed by atoms with Crippen LogP contribution >= 0.6 is 0 Å². The summed E-state index contributed by atoms with van der Waals surface area (Å²) < 4.78 is 4.93. The van der Waals surface area contributed by atoms with Crippen LogP contribution in [0.2, 0.25) is 0 Å². The van der Waals surface area contributed by atoms with Gasteiger partial charge in [-0.25, -0.2) is 0 Å². The second-order valence-electron chi connectivity index (χ2n) is 4.31. The number of ether oxygens (including phenoxy) is 1. The van der Waals surface area contributed by atoms with Crippen LogP contribution in [0.1, 0.15) is 16.8 Å². The molecule has 19 heavy (non-hydrogen) atoms. The predicted molar refractivity (Wildman–Crippen MR) is 68.4 cm³/mol. The molecule has 0 aliphatic carbocycles. The summed E-state index contributed by atoms with van der Waals surface area (Å²) in [6.07, 6.45) is 0.885. The van der Waals surface area contributed by atoms with Crippen molar-refractivity contribution < 1.29 is 14.5 Å². The van der Waals surface area contributed by atoms with Crippen molar-refractivity contribution in [1.29, 1.82) is 0 Å².